The highest BCUT2D eigenvalue weighted by Gasteiger charge is 2.26. The molecule has 0 fully saturated rings. The third-order valence-corrected chi connectivity index (χ3v) is 5.58. The molecule has 0 unspecified atom stereocenters. The molecule has 1 aliphatic rings. The monoisotopic (exact) mass is 428 g/mol. The van der Waals surface area contributed by atoms with Crippen LogP contribution in [-0.2, 0) is 6.42 Å². The highest BCUT2D eigenvalue weighted by Crippen LogP contribution is 2.24. The third kappa shape index (κ3) is 3.71. The molecular weight excluding hydrogens is 404 g/mol. The standard InChI is InChI=1S/C24H24N6O2/c1-15-12-21(31)30-22(16-6-4-3-5-7-16)28-23(29-24(30)27-15)25-11-10-17-14-26-20-9-8-18(32-2)13-19(17)20/h3-9,12-14,22,26H,10-11H2,1-2H3,(H2,25,27,28,29)/t22-/m1/s1. The van der Waals surface area contributed by atoms with Gasteiger partial charge in [-0.05, 0) is 42.7 Å². The van der Waals surface area contributed by atoms with Gasteiger partial charge in [0.2, 0.25) is 5.95 Å². The summed E-state index contributed by atoms with van der Waals surface area (Å²) in [6.45, 7) is 2.38. The lowest BCUT2D eigenvalue weighted by Gasteiger charge is -2.31. The molecule has 0 amide bonds. The second-order valence-electron chi connectivity index (χ2n) is 7.72. The predicted octanol–water partition coefficient (Wildman–Crippen LogP) is 3.20. The van der Waals surface area contributed by atoms with Gasteiger partial charge in [-0.2, -0.15) is 0 Å². The number of aromatic nitrogens is 3. The van der Waals surface area contributed by atoms with E-state index in [-0.39, 0.29) is 11.7 Å². The van der Waals surface area contributed by atoms with E-state index in [0.29, 0.717) is 24.1 Å². The van der Waals surface area contributed by atoms with Gasteiger partial charge in [0.25, 0.3) is 5.56 Å². The minimum absolute atomic E-state index is 0.117. The number of ether oxygens (including phenoxy) is 1. The number of methoxy groups -OCH3 is 1. The Labute approximate surface area is 185 Å². The van der Waals surface area contributed by atoms with Crippen LogP contribution in [0.2, 0.25) is 0 Å². The first kappa shape index (κ1) is 19.9. The van der Waals surface area contributed by atoms with Crippen molar-refractivity contribution in [3.05, 3.63) is 88.0 Å². The first-order chi connectivity index (χ1) is 15.6. The first-order valence-corrected chi connectivity index (χ1v) is 10.5. The van der Waals surface area contributed by atoms with Crippen molar-refractivity contribution in [2.75, 3.05) is 19.0 Å². The summed E-state index contributed by atoms with van der Waals surface area (Å²) in [6.07, 6.45) is 2.38. The topological polar surface area (TPSA) is 96.3 Å². The Balaban J connectivity index is 1.42. The minimum Gasteiger partial charge on any atom is -0.497 e. The number of hydrogen-bond donors (Lipinski definition) is 3. The van der Waals surface area contributed by atoms with Gasteiger partial charge in [-0.25, -0.2) is 4.98 Å². The molecule has 162 valence electrons. The molecule has 2 aromatic carbocycles. The third-order valence-electron chi connectivity index (χ3n) is 5.58. The number of guanidine groups is 1. The number of aliphatic imine (C=N–C) groups is 1. The normalized spacial score (nSPS) is 16.4. The van der Waals surface area contributed by atoms with Gasteiger partial charge >= 0.3 is 0 Å². The number of hydrogen-bond acceptors (Lipinski definition) is 4. The van der Waals surface area contributed by atoms with Crippen molar-refractivity contribution in [2.24, 2.45) is 4.99 Å². The average Bonchev–Trinajstić information content (AvgIpc) is 3.21. The molecule has 0 saturated carbocycles. The van der Waals surface area contributed by atoms with E-state index in [1.807, 2.05) is 61.7 Å². The fourth-order valence-corrected chi connectivity index (χ4v) is 4.01. The highest BCUT2D eigenvalue weighted by molar-refractivity contribution is 5.93. The van der Waals surface area contributed by atoms with Gasteiger partial charge in [-0.1, -0.05) is 30.3 Å². The van der Waals surface area contributed by atoms with Crippen LogP contribution >= 0.6 is 0 Å². The van der Waals surface area contributed by atoms with Crippen molar-refractivity contribution in [3.63, 3.8) is 0 Å². The molecule has 3 N–H and O–H groups in total. The van der Waals surface area contributed by atoms with Crippen LogP contribution in [0.4, 0.5) is 5.95 Å². The molecule has 32 heavy (non-hydrogen) atoms. The number of aryl methyl sites for hydroxylation is 1. The van der Waals surface area contributed by atoms with Crippen molar-refractivity contribution in [1.29, 1.82) is 0 Å². The molecule has 3 heterocycles. The van der Waals surface area contributed by atoms with E-state index in [2.05, 4.69) is 20.6 Å². The second kappa shape index (κ2) is 8.22. The van der Waals surface area contributed by atoms with Gasteiger partial charge in [-0.15, -0.1) is 0 Å². The SMILES string of the molecule is COc1ccc2[nH]cc(CCN=C3Nc4nc(C)cc(=O)n4[C@H](c4ccccc4)N3)c2c1. The van der Waals surface area contributed by atoms with Crippen LogP contribution in [0.3, 0.4) is 0 Å². The molecule has 4 aromatic rings. The highest BCUT2D eigenvalue weighted by atomic mass is 16.5. The summed E-state index contributed by atoms with van der Waals surface area (Å²) in [5.74, 6) is 1.90. The Bertz CT molecular complexity index is 1360. The molecule has 8 heteroatoms. The van der Waals surface area contributed by atoms with Crippen LogP contribution in [0.25, 0.3) is 10.9 Å². The Hall–Kier alpha value is -4.07. The summed E-state index contributed by atoms with van der Waals surface area (Å²) in [6, 6.07) is 17.3. The van der Waals surface area contributed by atoms with E-state index in [4.69, 9.17) is 9.73 Å². The van der Waals surface area contributed by atoms with Gasteiger partial charge < -0.3 is 15.0 Å². The number of fused-ring (bicyclic) bond motifs is 2. The summed E-state index contributed by atoms with van der Waals surface area (Å²) >= 11 is 0. The van der Waals surface area contributed by atoms with Crippen LogP contribution in [0.5, 0.6) is 5.75 Å². The smallest absolute Gasteiger partial charge is 0.257 e. The Morgan fingerprint density at radius 2 is 2.00 bits per heavy atom. The Kier molecular flexibility index (Phi) is 5.10. The van der Waals surface area contributed by atoms with E-state index >= 15 is 0 Å². The maximum Gasteiger partial charge on any atom is 0.257 e. The zero-order valence-corrected chi connectivity index (χ0v) is 17.9. The fourth-order valence-electron chi connectivity index (χ4n) is 4.01. The van der Waals surface area contributed by atoms with Crippen molar-refractivity contribution in [1.82, 2.24) is 19.9 Å². The second-order valence-corrected chi connectivity index (χ2v) is 7.72. The van der Waals surface area contributed by atoms with Crippen LogP contribution in [0.1, 0.15) is 23.0 Å². The van der Waals surface area contributed by atoms with Crippen LogP contribution in [-0.4, -0.2) is 34.1 Å². The molecule has 1 aliphatic heterocycles. The zero-order chi connectivity index (χ0) is 22.1. The maximum atomic E-state index is 12.7. The largest absolute Gasteiger partial charge is 0.497 e. The molecule has 0 spiro atoms. The van der Waals surface area contributed by atoms with Crippen LogP contribution in [0, 0.1) is 6.92 Å². The zero-order valence-electron chi connectivity index (χ0n) is 17.9. The predicted molar refractivity (Wildman–Crippen MR) is 125 cm³/mol. The lowest BCUT2D eigenvalue weighted by Crippen LogP contribution is -2.48. The number of anilines is 1. The van der Waals surface area contributed by atoms with Gasteiger partial charge in [0, 0.05) is 35.4 Å². The summed E-state index contributed by atoms with van der Waals surface area (Å²) in [7, 11) is 1.67. The summed E-state index contributed by atoms with van der Waals surface area (Å²) in [5.41, 5.74) is 3.74. The molecule has 1 atom stereocenters. The fraction of sp³-hybridized carbons (Fsp3) is 0.208. The van der Waals surface area contributed by atoms with Crippen LogP contribution in [0.15, 0.2) is 70.6 Å². The first-order valence-electron chi connectivity index (χ1n) is 10.5. The summed E-state index contributed by atoms with van der Waals surface area (Å²) in [5, 5.41) is 7.66. The maximum absolute atomic E-state index is 12.7. The minimum atomic E-state index is -0.385. The van der Waals surface area contributed by atoms with Gasteiger partial charge in [0.05, 0.1) is 7.11 Å². The lowest BCUT2D eigenvalue weighted by atomic mass is 10.1. The van der Waals surface area contributed by atoms with Gasteiger partial charge in [-0.3, -0.25) is 19.7 Å². The quantitative estimate of drug-likeness (QED) is 0.454. The van der Waals surface area contributed by atoms with Crippen LogP contribution < -0.4 is 20.9 Å². The lowest BCUT2D eigenvalue weighted by molar-refractivity contribution is 0.415. The van der Waals surface area contributed by atoms with Crippen molar-refractivity contribution in [3.8, 4) is 5.75 Å². The molecule has 0 saturated heterocycles. The molecule has 5 rings (SSSR count). The number of rotatable bonds is 5. The molecular formula is C24H24N6O2. The Morgan fingerprint density at radius 1 is 1.16 bits per heavy atom. The molecule has 2 aromatic heterocycles. The van der Waals surface area contributed by atoms with E-state index in [9.17, 15) is 4.79 Å². The molecule has 8 nitrogen and oxygen atoms in total. The number of benzene rings is 2. The van der Waals surface area contributed by atoms with Crippen molar-refractivity contribution in [2.45, 2.75) is 19.5 Å². The van der Waals surface area contributed by atoms with Crippen molar-refractivity contribution >= 4 is 22.8 Å². The number of H-pyrrole nitrogens is 1. The van der Waals surface area contributed by atoms with E-state index in [0.717, 1.165) is 28.6 Å². The molecule has 0 aliphatic carbocycles. The summed E-state index contributed by atoms with van der Waals surface area (Å²) < 4.78 is 6.97. The number of aromatic amines is 1. The number of nitrogens with one attached hydrogen (secondary N) is 3. The van der Waals surface area contributed by atoms with Gasteiger partial charge in [0.15, 0.2) is 5.96 Å². The molecule has 0 bridgehead atoms. The average molecular weight is 428 g/mol. The molecule has 0 radical (unpaired) electrons. The van der Waals surface area contributed by atoms with E-state index in [1.165, 1.54) is 11.6 Å². The van der Waals surface area contributed by atoms with Gasteiger partial charge in [0.1, 0.15) is 11.9 Å². The Morgan fingerprint density at radius 3 is 2.81 bits per heavy atom. The van der Waals surface area contributed by atoms with E-state index < -0.39 is 0 Å². The van der Waals surface area contributed by atoms with Crippen molar-refractivity contribution < 1.29 is 4.74 Å². The van der Waals surface area contributed by atoms with E-state index in [1.54, 1.807) is 11.7 Å². The number of nitrogens with zero attached hydrogens (tertiary/aromatic N) is 3. The summed E-state index contributed by atoms with van der Waals surface area (Å²) in [4.78, 5) is 25.3.